The summed E-state index contributed by atoms with van der Waals surface area (Å²) in [5, 5.41) is 0. The molecule has 0 aliphatic carbocycles. The standard InChI is InChI=1S/C23H21N3O4S2/c1-14-7-4-5-9-17(14)30-20-16(21(27)25-10-6-8-15(2)19(25)24-20)13-18-22(28)26(11-12-29-3)23(31)32-18/h4-10,13H,11-12H2,1-3H3/b18-13+. The Kier molecular flexibility index (Phi) is 6.40. The molecule has 32 heavy (non-hydrogen) atoms. The van der Waals surface area contributed by atoms with Crippen molar-refractivity contribution >= 4 is 45.9 Å². The normalized spacial score (nSPS) is 15.2. The molecule has 1 aliphatic heterocycles. The Bertz CT molecular complexity index is 1320. The van der Waals surface area contributed by atoms with Crippen LogP contribution in [0.1, 0.15) is 16.7 Å². The molecule has 3 heterocycles. The number of hydrogen-bond acceptors (Lipinski definition) is 7. The van der Waals surface area contributed by atoms with E-state index in [4.69, 9.17) is 21.7 Å². The van der Waals surface area contributed by atoms with Crippen molar-refractivity contribution in [3.63, 3.8) is 0 Å². The lowest BCUT2D eigenvalue weighted by molar-refractivity contribution is -0.122. The lowest BCUT2D eigenvalue weighted by atomic mass is 10.2. The molecule has 0 N–H and O–H groups in total. The van der Waals surface area contributed by atoms with Crippen molar-refractivity contribution in [3.8, 4) is 11.6 Å². The van der Waals surface area contributed by atoms with Gasteiger partial charge >= 0.3 is 0 Å². The van der Waals surface area contributed by atoms with Crippen molar-refractivity contribution in [3.05, 3.63) is 74.5 Å². The minimum Gasteiger partial charge on any atom is -0.438 e. The maximum Gasteiger partial charge on any atom is 0.269 e. The molecule has 1 aliphatic rings. The van der Waals surface area contributed by atoms with E-state index in [-0.39, 0.29) is 22.9 Å². The molecule has 9 heteroatoms. The summed E-state index contributed by atoms with van der Waals surface area (Å²) in [6.45, 7) is 4.50. The van der Waals surface area contributed by atoms with E-state index in [0.717, 1.165) is 22.9 Å². The number of nitrogens with zero attached hydrogens (tertiary/aromatic N) is 3. The summed E-state index contributed by atoms with van der Waals surface area (Å²) in [5.74, 6) is 0.452. The summed E-state index contributed by atoms with van der Waals surface area (Å²) in [4.78, 5) is 32.8. The van der Waals surface area contributed by atoms with Gasteiger partial charge in [-0.1, -0.05) is 48.2 Å². The molecule has 4 rings (SSSR count). The third-order valence-corrected chi connectivity index (χ3v) is 6.40. The number of aromatic nitrogens is 2. The second kappa shape index (κ2) is 9.23. The molecular formula is C23H21N3O4S2. The molecule has 0 saturated carbocycles. The third kappa shape index (κ3) is 4.19. The van der Waals surface area contributed by atoms with Gasteiger partial charge in [-0.25, -0.2) is 0 Å². The lowest BCUT2D eigenvalue weighted by Gasteiger charge is -2.13. The van der Waals surface area contributed by atoms with Gasteiger partial charge in [0.25, 0.3) is 11.5 Å². The van der Waals surface area contributed by atoms with E-state index in [1.807, 2.05) is 44.2 Å². The number of pyridine rings is 1. The fourth-order valence-electron chi connectivity index (χ4n) is 3.27. The molecule has 0 spiro atoms. The van der Waals surface area contributed by atoms with Crippen molar-refractivity contribution in [1.82, 2.24) is 14.3 Å². The highest BCUT2D eigenvalue weighted by Gasteiger charge is 2.32. The molecule has 2 aromatic heterocycles. The number of methoxy groups -OCH3 is 1. The molecule has 1 amide bonds. The Hall–Kier alpha value is -3.01. The molecule has 0 radical (unpaired) electrons. The van der Waals surface area contributed by atoms with E-state index in [1.165, 1.54) is 15.4 Å². The van der Waals surface area contributed by atoms with Gasteiger partial charge < -0.3 is 9.47 Å². The van der Waals surface area contributed by atoms with Gasteiger partial charge in [0.05, 0.1) is 18.1 Å². The fourth-order valence-corrected chi connectivity index (χ4v) is 4.57. The third-order valence-electron chi connectivity index (χ3n) is 5.02. The first kappa shape index (κ1) is 22.2. The zero-order valence-electron chi connectivity index (χ0n) is 17.8. The van der Waals surface area contributed by atoms with Crippen molar-refractivity contribution in [1.29, 1.82) is 0 Å². The van der Waals surface area contributed by atoms with E-state index in [9.17, 15) is 9.59 Å². The molecule has 0 atom stereocenters. The largest absolute Gasteiger partial charge is 0.438 e. The molecular weight excluding hydrogens is 446 g/mol. The zero-order valence-corrected chi connectivity index (χ0v) is 19.5. The fraction of sp³-hybridized carbons (Fsp3) is 0.217. The highest BCUT2D eigenvalue weighted by molar-refractivity contribution is 8.26. The number of carbonyl (C=O) groups excluding carboxylic acids is 1. The van der Waals surface area contributed by atoms with E-state index < -0.39 is 0 Å². The van der Waals surface area contributed by atoms with E-state index in [0.29, 0.717) is 33.8 Å². The number of thioether (sulfide) groups is 1. The molecule has 164 valence electrons. The average molecular weight is 468 g/mol. The highest BCUT2D eigenvalue weighted by Crippen LogP contribution is 2.34. The Morgan fingerprint density at radius 1 is 1.12 bits per heavy atom. The smallest absolute Gasteiger partial charge is 0.269 e. The number of carbonyl (C=O) groups is 1. The monoisotopic (exact) mass is 467 g/mol. The zero-order chi connectivity index (χ0) is 22.8. The number of thiocarbonyl (C=S) groups is 1. The number of ether oxygens (including phenoxy) is 2. The van der Waals surface area contributed by atoms with Crippen LogP contribution in [0, 0.1) is 13.8 Å². The van der Waals surface area contributed by atoms with Crippen LogP contribution in [0.15, 0.2) is 52.3 Å². The van der Waals surface area contributed by atoms with Crippen LogP contribution in [0.25, 0.3) is 11.7 Å². The van der Waals surface area contributed by atoms with Crippen LogP contribution in [0.3, 0.4) is 0 Å². The number of rotatable bonds is 6. The summed E-state index contributed by atoms with van der Waals surface area (Å²) in [6.07, 6.45) is 3.17. The predicted octanol–water partition coefficient (Wildman–Crippen LogP) is 3.95. The first-order valence-electron chi connectivity index (χ1n) is 9.90. The maximum atomic E-state index is 13.4. The van der Waals surface area contributed by atoms with Crippen LogP contribution in [-0.4, -0.2) is 44.8 Å². The number of fused-ring (bicyclic) bond motifs is 1. The number of para-hydroxylation sites is 1. The van der Waals surface area contributed by atoms with Gasteiger partial charge in [-0.2, -0.15) is 4.98 Å². The van der Waals surface area contributed by atoms with Gasteiger partial charge in [0, 0.05) is 13.3 Å². The number of benzene rings is 1. The summed E-state index contributed by atoms with van der Waals surface area (Å²) < 4.78 is 13.0. The Morgan fingerprint density at radius 3 is 2.62 bits per heavy atom. The van der Waals surface area contributed by atoms with E-state index >= 15 is 0 Å². The molecule has 1 fully saturated rings. The van der Waals surface area contributed by atoms with Crippen LogP contribution >= 0.6 is 24.0 Å². The van der Waals surface area contributed by atoms with Crippen LogP contribution in [-0.2, 0) is 9.53 Å². The lowest BCUT2D eigenvalue weighted by Crippen LogP contribution is -2.31. The van der Waals surface area contributed by atoms with Crippen molar-refractivity contribution in [2.75, 3.05) is 20.3 Å². The molecule has 0 bridgehead atoms. The summed E-state index contributed by atoms with van der Waals surface area (Å²) in [5.41, 5.74) is 2.08. The van der Waals surface area contributed by atoms with Crippen LogP contribution in [0.2, 0.25) is 0 Å². The molecule has 1 saturated heterocycles. The first-order valence-corrected chi connectivity index (χ1v) is 11.1. The van der Waals surface area contributed by atoms with E-state index in [2.05, 4.69) is 4.98 Å². The average Bonchev–Trinajstić information content (AvgIpc) is 3.04. The first-order chi connectivity index (χ1) is 15.4. The van der Waals surface area contributed by atoms with Crippen LogP contribution in [0.4, 0.5) is 0 Å². The van der Waals surface area contributed by atoms with Gasteiger partial charge in [-0.05, 0) is 43.2 Å². The SMILES string of the molecule is COCCN1C(=O)/C(=C\c2c(Oc3ccccc3C)nc3c(C)cccn3c2=O)SC1=S. The predicted molar refractivity (Wildman–Crippen MR) is 129 cm³/mol. The Labute approximate surface area is 194 Å². The molecule has 3 aromatic rings. The number of hydrogen-bond donors (Lipinski definition) is 0. The minimum atomic E-state index is -0.329. The van der Waals surface area contributed by atoms with Crippen molar-refractivity contribution < 1.29 is 14.3 Å². The second-order valence-corrected chi connectivity index (χ2v) is 8.89. The highest BCUT2D eigenvalue weighted by atomic mass is 32.2. The summed E-state index contributed by atoms with van der Waals surface area (Å²) in [7, 11) is 1.56. The van der Waals surface area contributed by atoms with Crippen molar-refractivity contribution in [2.24, 2.45) is 0 Å². The number of aryl methyl sites for hydroxylation is 2. The topological polar surface area (TPSA) is 73.1 Å². The minimum absolute atomic E-state index is 0.140. The Balaban J connectivity index is 1.86. The molecule has 0 unspecified atom stereocenters. The van der Waals surface area contributed by atoms with Gasteiger partial charge in [0.2, 0.25) is 5.88 Å². The molecule has 7 nitrogen and oxygen atoms in total. The molecule has 1 aromatic carbocycles. The van der Waals surface area contributed by atoms with Gasteiger partial charge in [-0.15, -0.1) is 0 Å². The van der Waals surface area contributed by atoms with Crippen LogP contribution in [0.5, 0.6) is 11.6 Å². The van der Waals surface area contributed by atoms with Gasteiger partial charge in [0.15, 0.2) is 0 Å². The number of amides is 1. The quantitative estimate of drug-likeness (QED) is 0.401. The summed E-state index contributed by atoms with van der Waals surface area (Å²) in [6, 6.07) is 11.1. The summed E-state index contributed by atoms with van der Waals surface area (Å²) >= 11 is 6.49. The second-order valence-electron chi connectivity index (χ2n) is 7.21. The van der Waals surface area contributed by atoms with Gasteiger partial charge in [-0.3, -0.25) is 18.9 Å². The van der Waals surface area contributed by atoms with E-state index in [1.54, 1.807) is 19.4 Å². The van der Waals surface area contributed by atoms with Gasteiger partial charge in [0.1, 0.15) is 21.3 Å². The maximum absolute atomic E-state index is 13.4. The van der Waals surface area contributed by atoms with Crippen molar-refractivity contribution in [2.45, 2.75) is 13.8 Å². The Morgan fingerprint density at radius 2 is 1.88 bits per heavy atom. The van der Waals surface area contributed by atoms with Crippen LogP contribution < -0.4 is 10.3 Å².